The molecular weight excluding hydrogens is 260 g/mol. The molecule has 4 heteroatoms. The van der Waals surface area contributed by atoms with Crippen LogP contribution in [0.3, 0.4) is 0 Å². The van der Waals surface area contributed by atoms with E-state index in [0.717, 1.165) is 12.1 Å². The molecule has 0 aromatic carbocycles. The summed E-state index contributed by atoms with van der Waals surface area (Å²) in [4.78, 5) is 9.15. The minimum absolute atomic E-state index is 0.0438. The largest absolute Gasteiger partial charge is 0.369 e. The predicted molar refractivity (Wildman–Crippen MR) is 90.5 cm³/mol. The van der Waals surface area contributed by atoms with Gasteiger partial charge in [0, 0.05) is 11.9 Å². The van der Waals surface area contributed by atoms with Gasteiger partial charge in [-0.3, -0.25) is 4.99 Å². The Balaban J connectivity index is 2.14. The van der Waals surface area contributed by atoms with Gasteiger partial charge in [-0.15, -0.1) is 0 Å². The van der Waals surface area contributed by atoms with Gasteiger partial charge in [-0.2, -0.15) is 0 Å². The molecule has 0 spiro atoms. The number of allylic oxidation sites excluding steroid dienone is 1. The summed E-state index contributed by atoms with van der Waals surface area (Å²) in [5, 5.41) is 6.40. The molecule has 2 unspecified atom stereocenters. The van der Waals surface area contributed by atoms with Crippen molar-refractivity contribution in [3.63, 3.8) is 0 Å². The summed E-state index contributed by atoms with van der Waals surface area (Å²) in [5.41, 5.74) is 2.65. The third-order valence-corrected chi connectivity index (χ3v) is 4.19. The Morgan fingerprint density at radius 2 is 1.86 bits per heavy atom. The van der Waals surface area contributed by atoms with Crippen molar-refractivity contribution in [3.8, 4) is 0 Å². The van der Waals surface area contributed by atoms with Crippen LogP contribution >= 0.6 is 0 Å². The molecule has 2 atom stereocenters. The summed E-state index contributed by atoms with van der Waals surface area (Å²) >= 11 is 0. The van der Waals surface area contributed by atoms with Gasteiger partial charge in [0.25, 0.3) is 0 Å². The molecule has 2 aliphatic heterocycles. The molecule has 2 aliphatic rings. The average molecular weight is 288 g/mol. The third-order valence-electron chi connectivity index (χ3n) is 4.19. The molecule has 2 N–H and O–H groups in total. The zero-order valence-corrected chi connectivity index (χ0v) is 14.1. The van der Waals surface area contributed by atoms with E-state index in [9.17, 15) is 0 Å². The minimum Gasteiger partial charge on any atom is -0.369 e. The van der Waals surface area contributed by atoms with Crippen LogP contribution in [0.25, 0.3) is 0 Å². The van der Waals surface area contributed by atoms with E-state index >= 15 is 0 Å². The Bertz CT molecular complexity index is 503. The van der Waals surface area contributed by atoms with E-state index in [2.05, 4.69) is 68.2 Å². The molecule has 0 saturated heterocycles. The van der Waals surface area contributed by atoms with Gasteiger partial charge < -0.3 is 10.6 Å². The molecule has 0 aromatic rings. The van der Waals surface area contributed by atoms with Crippen LogP contribution in [-0.2, 0) is 0 Å². The maximum Gasteiger partial charge on any atom is 0.0887 e. The van der Waals surface area contributed by atoms with E-state index < -0.39 is 0 Å². The van der Waals surface area contributed by atoms with Gasteiger partial charge in [0.1, 0.15) is 0 Å². The molecule has 0 aliphatic carbocycles. The van der Waals surface area contributed by atoms with Crippen molar-refractivity contribution in [2.45, 2.75) is 60.0 Å². The van der Waals surface area contributed by atoms with Crippen molar-refractivity contribution in [1.82, 2.24) is 10.6 Å². The van der Waals surface area contributed by atoms with Crippen LogP contribution in [0.15, 0.2) is 33.5 Å². The van der Waals surface area contributed by atoms with Gasteiger partial charge in [0.05, 0.1) is 24.8 Å². The van der Waals surface area contributed by atoms with Gasteiger partial charge >= 0.3 is 0 Å². The van der Waals surface area contributed by atoms with E-state index in [4.69, 9.17) is 0 Å². The lowest BCUT2D eigenvalue weighted by Gasteiger charge is -2.36. The predicted octanol–water partition coefficient (Wildman–Crippen LogP) is 3.24. The van der Waals surface area contributed by atoms with Crippen molar-refractivity contribution < 1.29 is 0 Å². The molecular formula is C17H28N4. The van der Waals surface area contributed by atoms with Crippen LogP contribution in [0.4, 0.5) is 0 Å². The monoisotopic (exact) mass is 288 g/mol. The van der Waals surface area contributed by atoms with E-state index in [1.54, 1.807) is 6.34 Å². The van der Waals surface area contributed by atoms with Gasteiger partial charge in [0.15, 0.2) is 0 Å². The topological polar surface area (TPSA) is 48.8 Å². The lowest BCUT2D eigenvalue weighted by molar-refractivity contribution is 0.302. The fourth-order valence-electron chi connectivity index (χ4n) is 2.95. The SMILES string of the molecule is CC1=CNC=NC1C(C)(C)CC1=CC(C(C)(C)C)NC=N1. The van der Waals surface area contributed by atoms with Crippen molar-refractivity contribution >= 4 is 12.7 Å². The van der Waals surface area contributed by atoms with Crippen LogP contribution < -0.4 is 10.6 Å². The molecule has 2 rings (SSSR count). The fourth-order valence-corrected chi connectivity index (χ4v) is 2.95. The summed E-state index contributed by atoms with van der Waals surface area (Å²) < 4.78 is 0. The lowest BCUT2D eigenvalue weighted by Crippen LogP contribution is -2.40. The second kappa shape index (κ2) is 5.66. The Morgan fingerprint density at radius 3 is 2.48 bits per heavy atom. The highest BCUT2D eigenvalue weighted by molar-refractivity contribution is 5.60. The standard InChI is InChI=1S/C17H28N4/c1-12-9-18-10-21-15(12)17(5,6)8-13-7-14(16(2,3)4)20-11-19-13/h7,9-11,14-15H,8H2,1-6H3,(H,18,21)(H,19,20). The van der Waals surface area contributed by atoms with Gasteiger partial charge in [-0.05, 0) is 35.8 Å². The molecule has 0 saturated carbocycles. The summed E-state index contributed by atoms with van der Waals surface area (Å²) in [6.07, 6.45) is 8.86. The zero-order chi connectivity index (χ0) is 15.7. The van der Waals surface area contributed by atoms with Crippen LogP contribution in [0, 0.1) is 10.8 Å². The minimum atomic E-state index is 0.0438. The number of aliphatic imine (C=N–C) groups is 2. The van der Waals surface area contributed by atoms with Crippen LogP contribution in [0.2, 0.25) is 0 Å². The zero-order valence-electron chi connectivity index (χ0n) is 14.1. The second-order valence-corrected chi connectivity index (χ2v) is 7.83. The van der Waals surface area contributed by atoms with Crippen LogP contribution in [-0.4, -0.2) is 24.8 Å². The van der Waals surface area contributed by atoms with Crippen molar-refractivity contribution in [3.05, 3.63) is 23.5 Å². The molecule has 116 valence electrons. The van der Waals surface area contributed by atoms with Crippen LogP contribution in [0.5, 0.6) is 0 Å². The Hall–Kier alpha value is -1.58. The molecule has 4 nitrogen and oxygen atoms in total. The smallest absolute Gasteiger partial charge is 0.0887 e. The molecule has 2 heterocycles. The first-order valence-corrected chi connectivity index (χ1v) is 7.64. The van der Waals surface area contributed by atoms with Gasteiger partial charge in [-0.25, -0.2) is 4.99 Å². The third kappa shape index (κ3) is 3.74. The van der Waals surface area contributed by atoms with E-state index in [1.165, 1.54) is 5.57 Å². The average Bonchev–Trinajstić information content (AvgIpc) is 2.37. The molecule has 21 heavy (non-hydrogen) atoms. The normalized spacial score (nSPS) is 25.8. The lowest BCUT2D eigenvalue weighted by atomic mass is 9.76. The fraction of sp³-hybridized carbons (Fsp3) is 0.647. The molecule has 0 fully saturated rings. The van der Waals surface area contributed by atoms with Crippen molar-refractivity contribution in [2.75, 3.05) is 0 Å². The highest BCUT2D eigenvalue weighted by atomic mass is 15.0. The molecule has 0 aromatic heterocycles. The quantitative estimate of drug-likeness (QED) is 0.837. The first kappa shape index (κ1) is 15.8. The number of hydrogen-bond donors (Lipinski definition) is 2. The Kier molecular flexibility index (Phi) is 4.26. The Labute approximate surface area is 128 Å². The van der Waals surface area contributed by atoms with Crippen molar-refractivity contribution in [1.29, 1.82) is 0 Å². The van der Waals surface area contributed by atoms with E-state index in [1.807, 2.05) is 12.5 Å². The van der Waals surface area contributed by atoms with E-state index in [-0.39, 0.29) is 16.9 Å². The van der Waals surface area contributed by atoms with Gasteiger partial charge in [0.2, 0.25) is 0 Å². The van der Waals surface area contributed by atoms with Crippen molar-refractivity contribution in [2.24, 2.45) is 20.8 Å². The van der Waals surface area contributed by atoms with E-state index in [0.29, 0.717) is 6.04 Å². The summed E-state index contributed by atoms with van der Waals surface area (Å²) in [7, 11) is 0. The summed E-state index contributed by atoms with van der Waals surface area (Å²) in [5.74, 6) is 0. The highest BCUT2D eigenvalue weighted by Gasteiger charge is 2.33. The second-order valence-electron chi connectivity index (χ2n) is 7.83. The molecule has 0 radical (unpaired) electrons. The number of nitrogens with one attached hydrogen (secondary N) is 2. The number of nitrogens with zero attached hydrogens (tertiary/aromatic N) is 2. The molecule has 0 bridgehead atoms. The maximum atomic E-state index is 4.62. The number of hydrogen-bond acceptors (Lipinski definition) is 4. The number of rotatable bonds is 3. The summed E-state index contributed by atoms with van der Waals surface area (Å²) in [6, 6.07) is 0.534. The maximum absolute atomic E-state index is 4.62. The summed E-state index contributed by atoms with van der Waals surface area (Å²) in [6.45, 7) is 13.4. The van der Waals surface area contributed by atoms with Gasteiger partial charge in [-0.1, -0.05) is 34.6 Å². The first-order valence-electron chi connectivity index (χ1n) is 7.64. The van der Waals surface area contributed by atoms with Crippen LogP contribution in [0.1, 0.15) is 48.0 Å². The highest BCUT2D eigenvalue weighted by Crippen LogP contribution is 2.37. The Morgan fingerprint density at radius 1 is 1.14 bits per heavy atom. The first-order chi connectivity index (χ1) is 9.70. The molecule has 0 amide bonds.